The Balaban J connectivity index is 1.93. The molecule has 3 nitrogen and oxygen atoms in total. The van der Waals surface area contributed by atoms with Gasteiger partial charge in [0, 0.05) is 0 Å². The van der Waals surface area contributed by atoms with Crippen molar-refractivity contribution in [2.45, 2.75) is 80.1 Å². The summed E-state index contributed by atoms with van der Waals surface area (Å²) in [5, 5.41) is 4.67. The summed E-state index contributed by atoms with van der Waals surface area (Å²) >= 11 is 3.55. The molecule has 4 aromatic carbocycles. The molecule has 0 amide bonds. The molecule has 1 unspecified atom stereocenters. The average Bonchev–Trinajstić information content (AvgIpc) is 3.09. The zero-order chi connectivity index (χ0) is 31.5. The number of rotatable bonds is 4. The van der Waals surface area contributed by atoms with Crippen LogP contribution in [0.5, 0.6) is 5.75 Å². The minimum absolute atomic E-state index is 0.146. The Morgan fingerprint density at radius 3 is 1.58 bits per heavy atom. The maximum absolute atomic E-state index is 7.00. The summed E-state index contributed by atoms with van der Waals surface area (Å²) in [6, 6.07) is 23.5. The second-order valence-electron chi connectivity index (χ2n) is 13.9. The predicted octanol–water partition coefficient (Wildman–Crippen LogP) is 10.6. The summed E-state index contributed by atoms with van der Waals surface area (Å²) < 4.78 is 20.9. The van der Waals surface area contributed by atoms with Crippen molar-refractivity contribution >= 4 is 61.4 Å². The van der Waals surface area contributed by atoms with Gasteiger partial charge >= 0.3 is 267 Å². The molecule has 0 fully saturated rings. The zero-order valence-electron chi connectivity index (χ0n) is 27.4. The zero-order valence-corrected chi connectivity index (χ0v) is 30.9. The standard InChI is InChI=1S/C37H44O3P2Se/c1-23-21-28(36(5,6)7)34-32(25(23)3)33-26(4)24(2)22-29(37(8,9)10)35(33)40-41(39-34)38-30-19-15-16-20-31(30)42(11,43)27-17-13-12-14-18-27/h12-22H,1-11H3. The van der Waals surface area contributed by atoms with Crippen molar-refractivity contribution in [3.05, 3.63) is 100 Å². The summed E-state index contributed by atoms with van der Waals surface area (Å²) in [6.45, 7) is 24.6. The Kier molecular flexibility index (Phi) is 8.52. The molecule has 0 aliphatic heterocycles. The van der Waals surface area contributed by atoms with Gasteiger partial charge in [0.25, 0.3) is 0 Å². The normalized spacial score (nSPS) is 13.7. The predicted molar refractivity (Wildman–Crippen MR) is 189 cm³/mol. The molecule has 0 bridgehead atoms. The fourth-order valence-corrected chi connectivity index (χ4v) is 10.5. The summed E-state index contributed by atoms with van der Waals surface area (Å²) in [5.41, 5.74) is 6.85. The molecule has 1 aromatic heterocycles. The van der Waals surface area contributed by atoms with Gasteiger partial charge in [0.1, 0.15) is 0 Å². The Bertz CT molecular complexity index is 1850. The maximum atomic E-state index is 7.00. The Morgan fingerprint density at radius 1 is 0.674 bits per heavy atom. The molecule has 226 valence electrons. The molecular weight excluding hydrogens is 633 g/mol. The van der Waals surface area contributed by atoms with Crippen molar-refractivity contribution in [3.63, 3.8) is 0 Å². The third-order valence-electron chi connectivity index (χ3n) is 8.54. The van der Waals surface area contributed by atoms with E-state index in [0.717, 1.165) is 44.1 Å². The third-order valence-corrected chi connectivity index (χ3v) is 14.7. The number of para-hydroxylation sites is 1. The van der Waals surface area contributed by atoms with Crippen molar-refractivity contribution in [1.29, 1.82) is 0 Å². The van der Waals surface area contributed by atoms with Crippen LogP contribution in [0, 0.1) is 27.7 Å². The van der Waals surface area contributed by atoms with Gasteiger partial charge < -0.3 is 0 Å². The molecule has 0 saturated carbocycles. The van der Waals surface area contributed by atoms with Gasteiger partial charge in [0.15, 0.2) is 0 Å². The van der Waals surface area contributed by atoms with E-state index >= 15 is 0 Å². The van der Waals surface area contributed by atoms with Gasteiger partial charge in [-0.15, -0.1) is 0 Å². The number of aryl methyl sites for hydroxylation is 4. The summed E-state index contributed by atoms with van der Waals surface area (Å²) in [4.78, 5) is 0. The van der Waals surface area contributed by atoms with E-state index in [1.807, 2.05) is 12.1 Å². The number of benzene rings is 4. The van der Waals surface area contributed by atoms with Gasteiger partial charge in [-0.3, -0.25) is 0 Å². The molecule has 5 rings (SSSR count). The molecule has 5 aromatic rings. The van der Waals surface area contributed by atoms with E-state index in [4.69, 9.17) is 12.9 Å². The van der Waals surface area contributed by atoms with Crippen molar-refractivity contribution < 1.29 is 12.9 Å². The van der Waals surface area contributed by atoms with Crippen LogP contribution in [-0.2, 0) is 10.8 Å². The summed E-state index contributed by atoms with van der Waals surface area (Å²) in [6.07, 6.45) is 0. The van der Waals surface area contributed by atoms with Gasteiger partial charge in [-0.2, -0.15) is 0 Å². The van der Waals surface area contributed by atoms with Crippen molar-refractivity contribution in [2.75, 3.05) is 6.66 Å². The fourth-order valence-electron chi connectivity index (χ4n) is 5.71. The van der Waals surface area contributed by atoms with Gasteiger partial charge in [0.2, 0.25) is 0 Å². The Morgan fingerprint density at radius 2 is 1.12 bits per heavy atom. The molecule has 1 heterocycles. The monoisotopic (exact) mass is 678 g/mol. The summed E-state index contributed by atoms with van der Waals surface area (Å²) in [7, 11) is -1.85. The van der Waals surface area contributed by atoms with Gasteiger partial charge in [-0.25, -0.2) is 0 Å². The SMILES string of the molecule is Cc1cc(C(C)(C)C)c2op(Oc3ccccc3P(C)(=[Se])c3ccccc3)oc3c(C(C)(C)C)cc(C)c(C)c3c2c1C. The van der Waals surface area contributed by atoms with E-state index in [-0.39, 0.29) is 10.8 Å². The second kappa shape index (κ2) is 11.5. The molecule has 1 atom stereocenters. The van der Waals surface area contributed by atoms with Crippen LogP contribution >= 0.6 is 13.7 Å². The molecule has 0 aliphatic carbocycles. The molecule has 0 N–H and O–H groups in total. The van der Waals surface area contributed by atoms with E-state index in [9.17, 15) is 0 Å². The molecule has 43 heavy (non-hydrogen) atoms. The molecule has 0 radical (unpaired) electrons. The van der Waals surface area contributed by atoms with Crippen LogP contribution in [-0.4, -0.2) is 21.8 Å². The van der Waals surface area contributed by atoms with Gasteiger partial charge in [-0.05, 0) is 0 Å². The molecule has 6 heteroatoms. The quantitative estimate of drug-likeness (QED) is 0.140. The van der Waals surface area contributed by atoms with Crippen molar-refractivity contribution in [1.82, 2.24) is 0 Å². The summed E-state index contributed by atoms with van der Waals surface area (Å²) in [5.74, 6) is 0.791. The first-order valence-electron chi connectivity index (χ1n) is 14.9. The van der Waals surface area contributed by atoms with Crippen LogP contribution in [0.3, 0.4) is 0 Å². The molecule has 0 aliphatic rings. The first-order chi connectivity index (χ1) is 20.0. The average molecular weight is 678 g/mol. The van der Waals surface area contributed by atoms with Crippen LogP contribution in [0.15, 0.2) is 75.1 Å². The van der Waals surface area contributed by atoms with Crippen LogP contribution < -0.4 is 15.1 Å². The number of hydrogen-bond acceptors (Lipinski definition) is 3. The minimum atomic E-state index is -1.85. The van der Waals surface area contributed by atoms with Gasteiger partial charge in [0.05, 0.1) is 0 Å². The van der Waals surface area contributed by atoms with Crippen LogP contribution in [0.25, 0.3) is 21.9 Å². The second-order valence-corrected chi connectivity index (χ2v) is 22.3. The molecule has 0 spiro atoms. The number of fused-ring (bicyclic) bond motifs is 3. The van der Waals surface area contributed by atoms with Crippen LogP contribution in [0.2, 0.25) is 0 Å². The van der Waals surface area contributed by atoms with E-state index < -0.39 is 13.7 Å². The van der Waals surface area contributed by atoms with E-state index in [2.05, 4.69) is 146 Å². The van der Waals surface area contributed by atoms with Crippen molar-refractivity contribution in [3.8, 4) is 5.75 Å². The van der Waals surface area contributed by atoms with E-state index in [0.29, 0.717) is 0 Å². The van der Waals surface area contributed by atoms with Crippen LogP contribution in [0.4, 0.5) is 0 Å². The fraction of sp³-hybridized carbons (Fsp3) is 0.351. The molecule has 0 saturated heterocycles. The van der Waals surface area contributed by atoms with Gasteiger partial charge in [-0.1, -0.05) is 0 Å². The first-order valence-corrected chi connectivity index (χ1v) is 20.4. The molecular formula is C37H44O3P2Se. The topological polar surface area (TPSA) is 35.5 Å². The Labute approximate surface area is 265 Å². The van der Waals surface area contributed by atoms with Crippen LogP contribution in [0.1, 0.15) is 74.9 Å². The Hall–Kier alpha value is -2.47. The first kappa shape index (κ1) is 31.9. The van der Waals surface area contributed by atoms with Crippen molar-refractivity contribution in [2.24, 2.45) is 0 Å². The number of hydrogen-bond donors (Lipinski definition) is 0. The van der Waals surface area contributed by atoms with E-state index in [1.54, 1.807) is 0 Å². The third kappa shape index (κ3) is 5.98. The van der Waals surface area contributed by atoms with E-state index in [1.165, 1.54) is 27.6 Å².